The summed E-state index contributed by atoms with van der Waals surface area (Å²) >= 11 is 0. The van der Waals surface area contributed by atoms with Crippen molar-refractivity contribution in [2.45, 2.75) is 59.0 Å². The van der Waals surface area contributed by atoms with Gasteiger partial charge in [0.05, 0.1) is 5.92 Å². The van der Waals surface area contributed by atoms with Crippen molar-refractivity contribution in [2.75, 3.05) is 23.7 Å². The van der Waals surface area contributed by atoms with Gasteiger partial charge in [0, 0.05) is 36.5 Å². The van der Waals surface area contributed by atoms with Crippen molar-refractivity contribution in [3.05, 3.63) is 24.3 Å². The van der Waals surface area contributed by atoms with Crippen molar-refractivity contribution in [1.29, 1.82) is 0 Å². The van der Waals surface area contributed by atoms with Gasteiger partial charge in [-0.05, 0) is 64.3 Å². The fourth-order valence-electron chi connectivity index (χ4n) is 3.11. The summed E-state index contributed by atoms with van der Waals surface area (Å²) in [7, 11) is 0. The van der Waals surface area contributed by atoms with Crippen LogP contribution >= 0.6 is 0 Å². The van der Waals surface area contributed by atoms with Crippen LogP contribution in [0.4, 0.5) is 21.0 Å². The number of nitrogens with one attached hydrogen (secondary N) is 4. The Hall–Kier alpha value is -2.77. The van der Waals surface area contributed by atoms with Gasteiger partial charge in [0.2, 0.25) is 5.91 Å². The van der Waals surface area contributed by atoms with Crippen molar-refractivity contribution in [2.24, 2.45) is 5.92 Å². The van der Waals surface area contributed by atoms with Crippen molar-refractivity contribution in [1.82, 2.24) is 15.5 Å². The van der Waals surface area contributed by atoms with Gasteiger partial charge in [0.25, 0.3) is 0 Å². The van der Waals surface area contributed by atoms with Gasteiger partial charge in [-0.3, -0.25) is 4.79 Å². The number of likely N-dealkylation sites (tertiary alicyclic amines) is 1. The minimum absolute atomic E-state index is 0.00333. The van der Waals surface area contributed by atoms with Crippen LogP contribution in [0.15, 0.2) is 24.3 Å². The van der Waals surface area contributed by atoms with E-state index in [-0.39, 0.29) is 36.0 Å². The lowest BCUT2D eigenvalue weighted by atomic mass is 9.97. The molecule has 1 aliphatic heterocycles. The number of urea groups is 2. The van der Waals surface area contributed by atoms with E-state index in [9.17, 15) is 14.4 Å². The van der Waals surface area contributed by atoms with Crippen LogP contribution in [0, 0.1) is 5.92 Å². The number of amides is 5. The van der Waals surface area contributed by atoms with Crippen LogP contribution in [-0.4, -0.2) is 48.0 Å². The van der Waals surface area contributed by atoms with E-state index in [4.69, 9.17) is 0 Å². The van der Waals surface area contributed by atoms with Gasteiger partial charge in [0.15, 0.2) is 0 Å². The Kier molecular flexibility index (Phi) is 8.30. The maximum Gasteiger partial charge on any atom is 0.321 e. The van der Waals surface area contributed by atoms with Gasteiger partial charge < -0.3 is 26.2 Å². The first-order valence-corrected chi connectivity index (χ1v) is 10.3. The van der Waals surface area contributed by atoms with Crippen LogP contribution in [0.1, 0.15) is 47.0 Å². The zero-order valence-electron chi connectivity index (χ0n) is 17.7. The minimum Gasteiger partial charge on any atom is -0.354 e. The highest BCUT2D eigenvalue weighted by Crippen LogP contribution is 2.19. The highest BCUT2D eigenvalue weighted by Gasteiger charge is 2.28. The summed E-state index contributed by atoms with van der Waals surface area (Å²) in [6.07, 6.45) is 2.45. The highest BCUT2D eigenvalue weighted by atomic mass is 16.2. The van der Waals surface area contributed by atoms with E-state index in [1.807, 2.05) is 27.7 Å². The second-order valence-electron chi connectivity index (χ2n) is 7.86. The maximum absolute atomic E-state index is 12.6. The summed E-state index contributed by atoms with van der Waals surface area (Å²) in [5.41, 5.74) is 1.28. The van der Waals surface area contributed by atoms with Crippen LogP contribution in [0.5, 0.6) is 0 Å². The van der Waals surface area contributed by atoms with E-state index in [2.05, 4.69) is 21.3 Å². The molecule has 2 rings (SSSR count). The van der Waals surface area contributed by atoms with Crippen LogP contribution < -0.4 is 21.3 Å². The molecule has 1 aromatic carbocycles. The lowest BCUT2D eigenvalue weighted by molar-refractivity contribution is -0.126. The molecular weight excluding hydrogens is 370 g/mol. The van der Waals surface area contributed by atoms with Crippen molar-refractivity contribution >= 4 is 29.3 Å². The van der Waals surface area contributed by atoms with Gasteiger partial charge in [-0.25, -0.2) is 9.59 Å². The number of nitrogens with zero attached hydrogens (tertiary/aromatic N) is 1. The second-order valence-corrected chi connectivity index (χ2v) is 7.86. The predicted molar refractivity (Wildman–Crippen MR) is 115 cm³/mol. The molecule has 0 aliphatic carbocycles. The molecule has 8 nitrogen and oxygen atoms in total. The average Bonchev–Trinajstić information content (AvgIpc) is 2.68. The first-order valence-electron chi connectivity index (χ1n) is 10.3. The third kappa shape index (κ3) is 7.29. The molecule has 1 saturated heterocycles. The van der Waals surface area contributed by atoms with Gasteiger partial charge in [-0.1, -0.05) is 6.92 Å². The van der Waals surface area contributed by atoms with Gasteiger partial charge >= 0.3 is 12.1 Å². The normalized spacial score (nSPS) is 17.4. The maximum atomic E-state index is 12.6. The fourth-order valence-corrected chi connectivity index (χ4v) is 3.11. The lowest BCUT2D eigenvalue weighted by Crippen LogP contribution is -2.47. The highest BCUT2D eigenvalue weighted by molar-refractivity contribution is 5.92. The molecule has 0 aromatic heterocycles. The molecule has 1 fully saturated rings. The Balaban J connectivity index is 1.87. The number of anilines is 2. The summed E-state index contributed by atoms with van der Waals surface area (Å²) < 4.78 is 0. The number of benzene rings is 1. The Bertz CT molecular complexity index is 705. The minimum atomic E-state index is -0.254. The molecule has 160 valence electrons. The van der Waals surface area contributed by atoms with E-state index >= 15 is 0 Å². The molecule has 2 atom stereocenters. The van der Waals surface area contributed by atoms with Crippen LogP contribution in [0.3, 0.4) is 0 Å². The first-order chi connectivity index (χ1) is 13.8. The summed E-state index contributed by atoms with van der Waals surface area (Å²) in [5.74, 6) is -0.170. The monoisotopic (exact) mass is 403 g/mol. The lowest BCUT2D eigenvalue weighted by Gasteiger charge is -2.32. The molecule has 4 N–H and O–H groups in total. The molecule has 0 saturated carbocycles. The molecule has 1 heterocycles. The molecule has 1 aliphatic rings. The average molecular weight is 404 g/mol. The number of hydrogen-bond acceptors (Lipinski definition) is 3. The van der Waals surface area contributed by atoms with Crippen LogP contribution in [0.25, 0.3) is 0 Å². The van der Waals surface area contributed by atoms with E-state index in [0.717, 1.165) is 19.3 Å². The van der Waals surface area contributed by atoms with Gasteiger partial charge in [0.1, 0.15) is 0 Å². The topological polar surface area (TPSA) is 103 Å². The molecule has 8 heteroatoms. The fraction of sp³-hybridized carbons (Fsp3) is 0.571. The standard InChI is InChI=1S/C21H33N5O3/c1-5-15(4)23-20(28)24-17-8-10-18(11-9-17)25-21(29)26-12-6-7-16(13-26)19(27)22-14(2)3/h8-11,14-16H,5-7,12-13H2,1-4H3,(H,22,27)(H,25,29)(H2,23,24,28). The number of rotatable bonds is 6. The van der Waals surface area contributed by atoms with E-state index in [1.54, 1.807) is 29.2 Å². The SMILES string of the molecule is CCC(C)NC(=O)Nc1ccc(NC(=O)N2CCCC(C(=O)NC(C)C)C2)cc1. The molecule has 0 spiro atoms. The molecule has 5 amide bonds. The predicted octanol–water partition coefficient (Wildman–Crippen LogP) is 3.38. The number of hydrogen-bond donors (Lipinski definition) is 4. The third-order valence-electron chi connectivity index (χ3n) is 4.89. The number of carbonyl (C=O) groups excluding carboxylic acids is 3. The third-order valence-corrected chi connectivity index (χ3v) is 4.89. The Morgan fingerprint density at radius 2 is 1.66 bits per heavy atom. The molecule has 29 heavy (non-hydrogen) atoms. The zero-order chi connectivity index (χ0) is 21.4. The molecule has 1 aromatic rings. The Morgan fingerprint density at radius 1 is 1.03 bits per heavy atom. The quantitative estimate of drug-likeness (QED) is 0.585. The summed E-state index contributed by atoms with van der Waals surface area (Å²) in [5, 5.41) is 11.4. The first kappa shape index (κ1) is 22.5. The summed E-state index contributed by atoms with van der Waals surface area (Å²) in [4.78, 5) is 38.4. The second kappa shape index (κ2) is 10.7. The molecular formula is C21H33N5O3. The summed E-state index contributed by atoms with van der Waals surface area (Å²) in [6.45, 7) is 8.85. The molecule has 0 bridgehead atoms. The Morgan fingerprint density at radius 3 is 2.24 bits per heavy atom. The number of piperidine rings is 1. The zero-order valence-corrected chi connectivity index (χ0v) is 17.7. The van der Waals surface area contributed by atoms with Crippen LogP contribution in [0.2, 0.25) is 0 Å². The largest absolute Gasteiger partial charge is 0.354 e. The van der Waals surface area contributed by atoms with Crippen molar-refractivity contribution in [3.63, 3.8) is 0 Å². The van der Waals surface area contributed by atoms with E-state index < -0.39 is 0 Å². The number of carbonyl (C=O) groups is 3. The van der Waals surface area contributed by atoms with Crippen LogP contribution in [-0.2, 0) is 4.79 Å². The van der Waals surface area contributed by atoms with Crippen molar-refractivity contribution in [3.8, 4) is 0 Å². The van der Waals surface area contributed by atoms with Gasteiger partial charge in [-0.15, -0.1) is 0 Å². The smallest absolute Gasteiger partial charge is 0.321 e. The Labute approximate surface area is 172 Å². The molecule has 0 radical (unpaired) electrons. The summed E-state index contributed by atoms with van der Waals surface area (Å²) in [6, 6.07) is 6.67. The van der Waals surface area contributed by atoms with Crippen molar-refractivity contribution < 1.29 is 14.4 Å². The molecule has 2 unspecified atom stereocenters. The van der Waals surface area contributed by atoms with E-state index in [0.29, 0.717) is 24.5 Å². The van der Waals surface area contributed by atoms with E-state index in [1.165, 1.54) is 0 Å². The van der Waals surface area contributed by atoms with Gasteiger partial charge in [-0.2, -0.15) is 0 Å².